The van der Waals surface area contributed by atoms with Crippen LogP contribution in [0, 0.1) is 0 Å². The number of H-pyrrole nitrogens is 1. The van der Waals surface area contributed by atoms with Gasteiger partial charge in [-0.3, -0.25) is 9.69 Å². The van der Waals surface area contributed by atoms with Crippen molar-refractivity contribution in [2.75, 3.05) is 39.4 Å². The average molecular weight is 314 g/mol. The van der Waals surface area contributed by atoms with E-state index >= 15 is 0 Å². The van der Waals surface area contributed by atoms with Crippen LogP contribution in [-0.4, -0.2) is 71.1 Å². The third-order valence-corrected chi connectivity index (χ3v) is 4.90. The first-order valence-corrected chi connectivity index (χ1v) is 8.37. The maximum absolute atomic E-state index is 12.6. The minimum absolute atomic E-state index is 0.00725. The lowest BCUT2D eigenvalue weighted by Crippen LogP contribution is -2.53. The second-order valence-corrected chi connectivity index (χ2v) is 6.27. The van der Waals surface area contributed by atoms with Crippen molar-refractivity contribution in [2.45, 2.75) is 18.9 Å². The van der Waals surface area contributed by atoms with Gasteiger partial charge >= 0.3 is 0 Å². The smallest absolute Gasteiger partial charge is 0.289 e. The lowest BCUT2D eigenvalue weighted by molar-refractivity contribution is 0.0135. The molecule has 0 atom stereocenters. The van der Waals surface area contributed by atoms with Gasteiger partial charge in [-0.1, -0.05) is 12.1 Å². The summed E-state index contributed by atoms with van der Waals surface area (Å²) in [5, 5.41) is 0. The molecule has 3 heterocycles. The fraction of sp³-hybridized carbons (Fsp3) is 0.529. The van der Waals surface area contributed by atoms with Crippen LogP contribution in [0.15, 0.2) is 24.3 Å². The van der Waals surface area contributed by atoms with Gasteiger partial charge in [0, 0.05) is 45.4 Å². The quantitative estimate of drug-likeness (QED) is 0.912. The van der Waals surface area contributed by atoms with Crippen LogP contribution in [-0.2, 0) is 4.74 Å². The number of hydrogen-bond donors (Lipinski definition) is 1. The lowest BCUT2D eigenvalue weighted by atomic mass is 10.1. The molecule has 2 saturated heterocycles. The van der Waals surface area contributed by atoms with E-state index in [0.717, 1.165) is 63.3 Å². The molecule has 2 aliphatic rings. The van der Waals surface area contributed by atoms with Gasteiger partial charge in [0.25, 0.3) is 5.91 Å². The Hall–Kier alpha value is -1.92. The van der Waals surface area contributed by atoms with Gasteiger partial charge in [-0.2, -0.15) is 0 Å². The van der Waals surface area contributed by atoms with Crippen LogP contribution in [0.1, 0.15) is 23.5 Å². The maximum Gasteiger partial charge on any atom is 0.289 e. The SMILES string of the molecule is O=C(c1nc2ccccc2[nH]1)N1CCN(C2CCOCC2)CC1. The van der Waals surface area contributed by atoms with Crippen LogP contribution in [0.4, 0.5) is 0 Å². The summed E-state index contributed by atoms with van der Waals surface area (Å²) in [6.45, 7) is 5.15. The van der Waals surface area contributed by atoms with Crippen molar-refractivity contribution in [2.24, 2.45) is 0 Å². The molecule has 1 N–H and O–H groups in total. The zero-order chi connectivity index (χ0) is 15.6. The molecule has 1 amide bonds. The van der Waals surface area contributed by atoms with Crippen molar-refractivity contribution in [1.29, 1.82) is 0 Å². The number of imidazole rings is 1. The van der Waals surface area contributed by atoms with Gasteiger partial charge in [0.1, 0.15) is 0 Å². The Bertz CT molecular complexity index is 652. The highest BCUT2D eigenvalue weighted by atomic mass is 16.5. The van der Waals surface area contributed by atoms with Crippen LogP contribution in [0.5, 0.6) is 0 Å². The Morgan fingerprint density at radius 2 is 1.87 bits per heavy atom. The molecule has 2 fully saturated rings. The Kier molecular flexibility index (Phi) is 4.01. The second-order valence-electron chi connectivity index (χ2n) is 6.27. The number of carbonyl (C=O) groups excluding carboxylic acids is 1. The average Bonchev–Trinajstić information content (AvgIpc) is 3.06. The summed E-state index contributed by atoms with van der Waals surface area (Å²) in [7, 11) is 0. The highest BCUT2D eigenvalue weighted by molar-refractivity contribution is 5.94. The molecule has 2 aliphatic heterocycles. The summed E-state index contributed by atoms with van der Waals surface area (Å²) in [6, 6.07) is 8.37. The zero-order valence-corrected chi connectivity index (χ0v) is 13.2. The van der Waals surface area contributed by atoms with Crippen molar-refractivity contribution in [3.63, 3.8) is 0 Å². The number of piperazine rings is 1. The maximum atomic E-state index is 12.6. The number of nitrogens with one attached hydrogen (secondary N) is 1. The molecule has 23 heavy (non-hydrogen) atoms. The van der Waals surface area contributed by atoms with E-state index in [1.165, 1.54) is 0 Å². The fourth-order valence-corrected chi connectivity index (χ4v) is 3.54. The third kappa shape index (κ3) is 2.96. The molecule has 6 heteroatoms. The molecule has 0 unspecified atom stereocenters. The Morgan fingerprint density at radius 3 is 2.61 bits per heavy atom. The lowest BCUT2D eigenvalue weighted by Gasteiger charge is -2.40. The minimum atomic E-state index is 0.00725. The van der Waals surface area contributed by atoms with E-state index in [-0.39, 0.29) is 5.91 Å². The first-order chi connectivity index (χ1) is 11.3. The van der Waals surface area contributed by atoms with Crippen LogP contribution >= 0.6 is 0 Å². The molecule has 0 spiro atoms. The molecule has 122 valence electrons. The van der Waals surface area contributed by atoms with E-state index in [4.69, 9.17) is 4.74 Å². The molecule has 0 bridgehead atoms. The van der Waals surface area contributed by atoms with Crippen molar-refractivity contribution in [3.8, 4) is 0 Å². The number of aromatic nitrogens is 2. The molecule has 0 saturated carbocycles. The van der Waals surface area contributed by atoms with Gasteiger partial charge in [-0.15, -0.1) is 0 Å². The molecule has 1 aromatic heterocycles. The molecule has 0 radical (unpaired) electrons. The van der Waals surface area contributed by atoms with Gasteiger partial charge in [0.05, 0.1) is 11.0 Å². The van der Waals surface area contributed by atoms with Crippen LogP contribution < -0.4 is 0 Å². The molecule has 0 aliphatic carbocycles. The number of para-hydroxylation sites is 2. The number of nitrogens with zero attached hydrogens (tertiary/aromatic N) is 3. The Labute approximate surface area is 135 Å². The number of amides is 1. The van der Waals surface area contributed by atoms with Crippen molar-refractivity contribution in [1.82, 2.24) is 19.8 Å². The van der Waals surface area contributed by atoms with Gasteiger partial charge in [-0.25, -0.2) is 4.98 Å². The van der Waals surface area contributed by atoms with E-state index in [1.54, 1.807) is 0 Å². The van der Waals surface area contributed by atoms with Gasteiger partial charge < -0.3 is 14.6 Å². The number of rotatable bonds is 2. The molecule has 4 rings (SSSR count). The number of hydrogen-bond acceptors (Lipinski definition) is 4. The number of carbonyl (C=O) groups is 1. The number of fused-ring (bicyclic) bond motifs is 1. The topological polar surface area (TPSA) is 61.5 Å². The second kappa shape index (κ2) is 6.29. The summed E-state index contributed by atoms with van der Waals surface area (Å²) in [5.74, 6) is 0.457. The fourth-order valence-electron chi connectivity index (χ4n) is 3.54. The number of aromatic amines is 1. The predicted octanol–water partition coefficient (Wildman–Crippen LogP) is 1.50. The van der Waals surface area contributed by atoms with Crippen LogP contribution in [0.3, 0.4) is 0 Å². The predicted molar refractivity (Wildman–Crippen MR) is 87.4 cm³/mol. The van der Waals surface area contributed by atoms with E-state index < -0.39 is 0 Å². The van der Waals surface area contributed by atoms with E-state index in [9.17, 15) is 4.79 Å². The first-order valence-electron chi connectivity index (χ1n) is 8.37. The standard InChI is InChI=1S/C17H22N4O2/c22-17(16-18-14-3-1-2-4-15(14)19-16)21-9-7-20(8-10-21)13-5-11-23-12-6-13/h1-4,13H,5-12H2,(H,18,19). The Balaban J connectivity index is 1.40. The summed E-state index contributed by atoms with van der Waals surface area (Å²) >= 11 is 0. The number of benzene rings is 1. The molecular weight excluding hydrogens is 292 g/mol. The van der Waals surface area contributed by atoms with E-state index in [2.05, 4.69) is 14.9 Å². The normalized spacial score (nSPS) is 21.0. The number of ether oxygens (including phenoxy) is 1. The Morgan fingerprint density at radius 1 is 1.13 bits per heavy atom. The molecule has 6 nitrogen and oxygen atoms in total. The van der Waals surface area contributed by atoms with Crippen LogP contribution in [0.2, 0.25) is 0 Å². The van der Waals surface area contributed by atoms with Gasteiger partial charge in [-0.05, 0) is 25.0 Å². The summed E-state index contributed by atoms with van der Waals surface area (Å²) in [4.78, 5) is 24.6. The largest absolute Gasteiger partial charge is 0.381 e. The molecule has 1 aromatic carbocycles. The monoisotopic (exact) mass is 314 g/mol. The van der Waals surface area contributed by atoms with Crippen LogP contribution in [0.25, 0.3) is 11.0 Å². The first kappa shape index (κ1) is 14.7. The van der Waals surface area contributed by atoms with Crippen molar-refractivity contribution in [3.05, 3.63) is 30.1 Å². The highest BCUT2D eigenvalue weighted by Crippen LogP contribution is 2.18. The summed E-state index contributed by atoms with van der Waals surface area (Å²) < 4.78 is 5.43. The molecular formula is C17H22N4O2. The van der Waals surface area contributed by atoms with Crippen molar-refractivity contribution < 1.29 is 9.53 Å². The third-order valence-electron chi connectivity index (χ3n) is 4.90. The molecule has 2 aromatic rings. The van der Waals surface area contributed by atoms with E-state index in [1.807, 2.05) is 29.2 Å². The van der Waals surface area contributed by atoms with Crippen molar-refractivity contribution >= 4 is 16.9 Å². The minimum Gasteiger partial charge on any atom is -0.381 e. The van der Waals surface area contributed by atoms with Gasteiger partial charge in [0.2, 0.25) is 0 Å². The summed E-state index contributed by atoms with van der Waals surface area (Å²) in [6.07, 6.45) is 2.22. The highest BCUT2D eigenvalue weighted by Gasteiger charge is 2.28. The summed E-state index contributed by atoms with van der Waals surface area (Å²) in [5.41, 5.74) is 1.76. The van der Waals surface area contributed by atoms with Gasteiger partial charge in [0.15, 0.2) is 5.82 Å². The zero-order valence-electron chi connectivity index (χ0n) is 13.2. The van der Waals surface area contributed by atoms with E-state index in [0.29, 0.717) is 11.9 Å².